The molecule has 0 aliphatic heterocycles. The van der Waals surface area contributed by atoms with Crippen LogP contribution in [-0.2, 0) is 21.4 Å². The van der Waals surface area contributed by atoms with E-state index in [2.05, 4.69) is 10.3 Å². The van der Waals surface area contributed by atoms with Gasteiger partial charge in [0.05, 0.1) is 18.6 Å². The number of amides is 1. The summed E-state index contributed by atoms with van der Waals surface area (Å²) >= 11 is 0. The Morgan fingerprint density at radius 2 is 2.04 bits per heavy atom. The minimum Gasteiger partial charge on any atom is -0.356 e. The smallest absolute Gasteiger partial charge is 0.233 e. The number of sulfonamides is 1. The Labute approximate surface area is 150 Å². The van der Waals surface area contributed by atoms with E-state index in [0.29, 0.717) is 18.7 Å². The van der Waals surface area contributed by atoms with E-state index in [-0.39, 0.29) is 6.42 Å². The molecular weight excluding hydrogens is 356 g/mol. The second-order valence-electron chi connectivity index (χ2n) is 5.85. The van der Waals surface area contributed by atoms with Crippen molar-refractivity contribution in [2.75, 3.05) is 6.26 Å². The van der Waals surface area contributed by atoms with Gasteiger partial charge in [0.2, 0.25) is 15.9 Å². The van der Waals surface area contributed by atoms with Crippen LogP contribution in [0, 0.1) is 0 Å². The fourth-order valence-electron chi connectivity index (χ4n) is 2.51. The monoisotopic (exact) mass is 374 g/mol. The van der Waals surface area contributed by atoms with E-state index in [1.807, 2.05) is 35.2 Å². The van der Waals surface area contributed by atoms with Crippen molar-refractivity contribution in [3.63, 3.8) is 0 Å². The van der Waals surface area contributed by atoms with Gasteiger partial charge in [-0.05, 0) is 18.1 Å². The molecule has 9 heteroatoms. The van der Waals surface area contributed by atoms with Crippen LogP contribution in [0.3, 0.4) is 0 Å². The lowest BCUT2D eigenvalue weighted by Crippen LogP contribution is -2.29. The third-order valence-electron chi connectivity index (χ3n) is 3.64. The molecule has 3 aromatic rings. The number of carbonyl (C=O) groups excluding carboxylic acids is 1. The van der Waals surface area contributed by atoms with Gasteiger partial charge < -0.3 is 4.52 Å². The number of aromatic nitrogens is 3. The van der Waals surface area contributed by atoms with Gasteiger partial charge in [-0.25, -0.2) is 8.42 Å². The van der Waals surface area contributed by atoms with E-state index < -0.39 is 15.9 Å². The Hall–Kier alpha value is -2.94. The number of hydrogen-bond acceptors (Lipinski definition) is 6. The van der Waals surface area contributed by atoms with E-state index in [9.17, 15) is 13.2 Å². The van der Waals surface area contributed by atoms with Crippen molar-refractivity contribution in [2.45, 2.75) is 19.4 Å². The van der Waals surface area contributed by atoms with Crippen LogP contribution in [-0.4, -0.2) is 35.5 Å². The third kappa shape index (κ3) is 4.79. The number of nitrogens with zero attached hydrogens (tertiary/aromatic N) is 3. The lowest BCUT2D eigenvalue weighted by atomic mass is 10.1. The average molecular weight is 374 g/mol. The van der Waals surface area contributed by atoms with Gasteiger partial charge in [-0.1, -0.05) is 23.4 Å². The molecule has 26 heavy (non-hydrogen) atoms. The molecule has 0 fully saturated rings. The van der Waals surface area contributed by atoms with Crippen LogP contribution in [0.1, 0.15) is 12.8 Å². The summed E-state index contributed by atoms with van der Waals surface area (Å²) in [6.45, 7) is 0.513. The van der Waals surface area contributed by atoms with Gasteiger partial charge in [-0.2, -0.15) is 5.10 Å². The van der Waals surface area contributed by atoms with Gasteiger partial charge in [0.1, 0.15) is 0 Å². The fraction of sp³-hybridized carbons (Fsp3) is 0.235. The van der Waals surface area contributed by atoms with Crippen molar-refractivity contribution in [1.82, 2.24) is 19.7 Å². The van der Waals surface area contributed by atoms with Gasteiger partial charge in [0, 0.05) is 36.4 Å². The van der Waals surface area contributed by atoms with Crippen LogP contribution in [0.5, 0.6) is 0 Å². The second kappa shape index (κ2) is 7.52. The zero-order chi connectivity index (χ0) is 18.6. The number of rotatable bonds is 7. The van der Waals surface area contributed by atoms with Crippen LogP contribution in [0.4, 0.5) is 0 Å². The maximum atomic E-state index is 11.5. The summed E-state index contributed by atoms with van der Waals surface area (Å²) in [6, 6.07) is 9.63. The highest BCUT2D eigenvalue weighted by Crippen LogP contribution is 2.25. The van der Waals surface area contributed by atoms with Crippen molar-refractivity contribution >= 4 is 15.9 Å². The molecule has 0 atom stereocenters. The molecule has 0 saturated carbocycles. The van der Waals surface area contributed by atoms with E-state index >= 15 is 0 Å². The zero-order valence-corrected chi connectivity index (χ0v) is 14.9. The Morgan fingerprint density at radius 3 is 2.77 bits per heavy atom. The predicted octanol–water partition coefficient (Wildman–Crippen LogP) is 2.06. The SMILES string of the molecule is CS(=O)(=O)NC(=O)CCCn1cc(-c2cccc(-c3ccno3)c2)cn1. The molecule has 0 aliphatic rings. The summed E-state index contributed by atoms with van der Waals surface area (Å²) in [6.07, 6.45) is 6.78. The Morgan fingerprint density at radius 1 is 1.23 bits per heavy atom. The minimum atomic E-state index is -3.51. The molecule has 1 N–H and O–H groups in total. The van der Waals surface area contributed by atoms with Crippen molar-refractivity contribution in [2.24, 2.45) is 0 Å². The number of aryl methyl sites for hydroxylation is 1. The minimum absolute atomic E-state index is 0.114. The third-order valence-corrected chi connectivity index (χ3v) is 4.24. The Balaban J connectivity index is 1.62. The molecule has 2 aromatic heterocycles. The Kier molecular flexibility index (Phi) is 5.17. The number of benzene rings is 1. The summed E-state index contributed by atoms with van der Waals surface area (Å²) in [7, 11) is -3.51. The normalized spacial score (nSPS) is 11.4. The highest BCUT2D eigenvalue weighted by Gasteiger charge is 2.09. The molecule has 1 aromatic carbocycles. The first kappa shape index (κ1) is 17.9. The quantitative estimate of drug-likeness (QED) is 0.678. The molecule has 3 rings (SSSR count). The van der Waals surface area contributed by atoms with Crippen LogP contribution in [0.15, 0.2) is 53.4 Å². The summed E-state index contributed by atoms with van der Waals surface area (Å²) in [5.41, 5.74) is 2.84. The van der Waals surface area contributed by atoms with Crippen LogP contribution < -0.4 is 4.72 Å². The van der Waals surface area contributed by atoms with E-state index in [1.165, 1.54) is 0 Å². The molecule has 8 nitrogen and oxygen atoms in total. The molecule has 136 valence electrons. The van der Waals surface area contributed by atoms with E-state index in [1.54, 1.807) is 23.1 Å². The topological polar surface area (TPSA) is 107 Å². The molecule has 0 aliphatic carbocycles. The van der Waals surface area contributed by atoms with Gasteiger partial charge >= 0.3 is 0 Å². The van der Waals surface area contributed by atoms with Gasteiger partial charge in [0.15, 0.2) is 5.76 Å². The molecule has 0 radical (unpaired) electrons. The molecule has 2 heterocycles. The number of hydrogen-bond donors (Lipinski definition) is 1. The number of carbonyl (C=O) groups is 1. The highest BCUT2D eigenvalue weighted by atomic mass is 32.2. The maximum absolute atomic E-state index is 11.5. The van der Waals surface area contributed by atoms with Gasteiger partial charge in [-0.15, -0.1) is 0 Å². The van der Waals surface area contributed by atoms with Crippen LogP contribution in [0.2, 0.25) is 0 Å². The first-order valence-electron chi connectivity index (χ1n) is 7.95. The summed E-state index contributed by atoms with van der Waals surface area (Å²) < 4.78 is 30.8. The first-order valence-corrected chi connectivity index (χ1v) is 9.84. The second-order valence-corrected chi connectivity index (χ2v) is 7.60. The lowest BCUT2D eigenvalue weighted by molar-refractivity contribution is -0.119. The van der Waals surface area contributed by atoms with Crippen molar-refractivity contribution in [3.05, 3.63) is 48.9 Å². The van der Waals surface area contributed by atoms with Crippen molar-refractivity contribution < 1.29 is 17.7 Å². The molecular formula is C17H18N4O4S. The summed E-state index contributed by atoms with van der Waals surface area (Å²) in [5, 5.41) is 8.00. The Bertz CT molecular complexity index is 993. The fourth-order valence-corrected chi connectivity index (χ4v) is 3.03. The van der Waals surface area contributed by atoms with Crippen LogP contribution in [0.25, 0.3) is 22.5 Å². The molecule has 0 bridgehead atoms. The van der Waals surface area contributed by atoms with E-state index in [0.717, 1.165) is 22.9 Å². The molecule has 0 spiro atoms. The number of nitrogens with one attached hydrogen (secondary N) is 1. The highest BCUT2D eigenvalue weighted by molar-refractivity contribution is 7.89. The standard InChI is InChI=1S/C17H18N4O4S/c1-26(23,24)20-17(22)6-3-9-21-12-15(11-18-21)13-4-2-5-14(10-13)16-7-8-19-25-16/h2,4-5,7-8,10-12H,3,6,9H2,1H3,(H,20,22). The zero-order valence-electron chi connectivity index (χ0n) is 14.1. The van der Waals surface area contributed by atoms with Gasteiger partial charge in [0.25, 0.3) is 0 Å². The van der Waals surface area contributed by atoms with Crippen molar-refractivity contribution in [1.29, 1.82) is 0 Å². The predicted molar refractivity (Wildman–Crippen MR) is 95.4 cm³/mol. The lowest BCUT2D eigenvalue weighted by Gasteiger charge is -2.03. The molecule has 0 unspecified atom stereocenters. The first-order chi connectivity index (χ1) is 12.4. The maximum Gasteiger partial charge on any atom is 0.233 e. The largest absolute Gasteiger partial charge is 0.356 e. The van der Waals surface area contributed by atoms with Crippen LogP contribution >= 0.6 is 0 Å². The molecule has 1 amide bonds. The summed E-state index contributed by atoms with van der Waals surface area (Å²) in [4.78, 5) is 11.5. The summed E-state index contributed by atoms with van der Waals surface area (Å²) in [5.74, 6) is 0.177. The average Bonchev–Trinajstić information content (AvgIpc) is 3.25. The van der Waals surface area contributed by atoms with Gasteiger partial charge in [-0.3, -0.25) is 14.2 Å². The molecule has 0 saturated heterocycles. The van der Waals surface area contributed by atoms with Crippen molar-refractivity contribution in [3.8, 4) is 22.5 Å². The van der Waals surface area contributed by atoms with E-state index in [4.69, 9.17) is 4.52 Å².